The van der Waals surface area contributed by atoms with Crippen LogP contribution < -0.4 is 0 Å². The van der Waals surface area contributed by atoms with Crippen LogP contribution in [-0.4, -0.2) is 69.7 Å². The summed E-state index contributed by atoms with van der Waals surface area (Å²) in [6.07, 6.45) is 2.04. The molecule has 3 rings (SSSR count). The number of carbonyl (C=O) groups is 1. The first kappa shape index (κ1) is 16.2. The van der Waals surface area contributed by atoms with Gasteiger partial charge in [0.2, 0.25) is 11.8 Å². The number of hydrogen-bond donors (Lipinski definition) is 0. The van der Waals surface area contributed by atoms with Gasteiger partial charge in [0.1, 0.15) is 0 Å². The van der Waals surface area contributed by atoms with Crippen molar-refractivity contribution in [3.63, 3.8) is 0 Å². The van der Waals surface area contributed by atoms with Gasteiger partial charge < -0.3 is 14.2 Å². The zero-order valence-corrected chi connectivity index (χ0v) is 14.4. The van der Waals surface area contributed by atoms with Crippen molar-refractivity contribution in [2.45, 2.75) is 52.1 Å². The van der Waals surface area contributed by atoms with Gasteiger partial charge in [-0.1, -0.05) is 13.8 Å². The van der Waals surface area contributed by atoms with Crippen LogP contribution >= 0.6 is 0 Å². The second-order valence-corrected chi connectivity index (χ2v) is 6.75. The van der Waals surface area contributed by atoms with Gasteiger partial charge in [-0.3, -0.25) is 4.90 Å². The summed E-state index contributed by atoms with van der Waals surface area (Å²) in [5.41, 5.74) is 0. The van der Waals surface area contributed by atoms with E-state index in [0.29, 0.717) is 24.4 Å². The van der Waals surface area contributed by atoms with Gasteiger partial charge in [0.15, 0.2) is 0 Å². The summed E-state index contributed by atoms with van der Waals surface area (Å²) in [6.45, 7) is 11.4. The van der Waals surface area contributed by atoms with E-state index in [1.807, 2.05) is 11.8 Å². The van der Waals surface area contributed by atoms with Gasteiger partial charge in [-0.05, 0) is 19.8 Å². The van der Waals surface area contributed by atoms with Crippen LogP contribution in [0, 0.1) is 0 Å². The first-order valence-corrected chi connectivity index (χ1v) is 8.68. The number of aromatic nitrogens is 2. The zero-order valence-electron chi connectivity index (χ0n) is 14.4. The van der Waals surface area contributed by atoms with Gasteiger partial charge in [-0.15, -0.1) is 10.2 Å². The van der Waals surface area contributed by atoms with Crippen molar-refractivity contribution in [1.82, 2.24) is 24.9 Å². The highest BCUT2D eigenvalue weighted by Gasteiger charge is 2.34. The summed E-state index contributed by atoms with van der Waals surface area (Å²) >= 11 is 0. The number of nitrogens with zero attached hydrogens (tertiary/aromatic N) is 5. The molecule has 2 amide bonds. The molecular formula is C16H27N5O2. The lowest BCUT2D eigenvalue weighted by Gasteiger charge is -2.35. The summed E-state index contributed by atoms with van der Waals surface area (Å²) in [5.74, 6) is 1.67. The van der Waals surface area contributed by atoms with Crippen molar-refractivity contribution in [3.05, 3.63) is 11.8 Å². The molecule has 2 saturated heterocycles. The molecule has 128 valence electrons. The predicted molar refractivity (Wildman–Crippen MR) is 86.0 cm³/mol. The van der Waals surface area contributed by atoms with Crippen LogP contribution in [0.5, 0.6) is 0 Å². The number of hydrogen-bond acceptors (Lipinski definition) is 5. The van der Waals surface area contributed by atoms with E-state index in [9.17, 15) is 4.79 Å². The van der Waals surface area contributed by atoms with Crippen LogP contribution in [0.3, 0.4) is 0 Å². The third-order valence-electron chi connectivity index (χ3n) is 4.84. The van der Waals surface area contributed by atoms with E-state index in [4.69, 9.17) is 4.42 Å². The normalized spacial score (nSPS) is 21.0. The van der Waals surface area contributed by atoms with E-state index in [1.165, 1.54) is 0 Å². The van der Waals surface area contributed by atoms with E-state index < -0.39 is 0 Å². The molecule has 1 aromatic heterocycles. The Bertz CT molecular complexity index is 536. The third kappa shape index (κ3) is 3.49. The minimum atomic E-state index is 0.212. The molecule has 0 aromatic carbocycles. The molecular weight excluding hydrogens is 294 g/mol. The summed E-state index contributed by atoms with van der Waals surface area (Å²) in [4.78, 5) is 18.6. The Morgan fingerprint density at radius 1 is 1.17 bits per heavy atom. The molecule has 1 aromatic rings. The molecule has 3 heterocycles. The van der Waals surface area contributed by atoms with Crippen LogP contribution in [0.25, 0.3) is 0 Å². The Hall–Kier alpha value is -1.63. The van der Waals surface area contributed by atoms with Gasteiger partial charge in [0, 0.05) is 44.7 Å². The van der Waals surface area contributed by atoms with Crippen LogP contribution in [0.1, 0.15) is 51.3 Å². The molecule has 0 N–H and O–H groups in total. The van der Waals surface area contributed by atoms with Crippen molar-refractivity contribution < 1.29 is 9.21 Å². The third-order valence-corrected chi connectivity index (χ3v) is 4.84. The average Bonchev–Trinajstić information content (AvgIpc) is 3.15. The Morgan fingerprint density at radius 2 is 1.91 bits per heavy atom. The zero-order chi connectivity index (χ0) is 16.4. The minimum Gasteiger partial charge on any atom is -0.424 e. The Kier molecular flexibility index (Phi) is 4.84. The van der Waals surface area contributed by atoms with Gasteiger partial charge in [0.05, 0.1) is 6.54 Å². The first-order chi connectivity index (χ1) is 11.1. The summed E-state index contributed by atoms with van der Waals surface area (Å²) in [6, 6.07) is 0.591. The smallest absolute Gasteiger partial charge is 0.320 e. The molecule has 0 saturated carbocycles. The predicted octanol–water partition coefficient (Wildman–Crippen LogP) is 1.91. The van der Waals surface area contributed by atoms with Crippen molar-refractivity contribution in [2.24, 2.45) is 0 Å². The maximum Gasteiger partial charge on any atom is 0.320 e. The van der Waals surface area contributed by atoms with Crippen molar-refractivity contribution in [3.8, 4) is 0 Å². The van der Waals surface area contributed by atoms with Crippen molar-refractivity contribution in [1.29, 1.82) is 0 Å². The highest BCUT2D eigenvalue weighted by molar-refractivity contribution is 5.76. The molecule has 2 fully saturated rings. The molecule has 0 radical (unpaired) electrons. The van der Waals surface area contributed by atoms with Gasteiger partial charge in [-0.2, -0.15) is 0 Å². The molecule has 23 heavy (non-hydrogen) atoms. The number of likely N-dealkylation sites (tertiary alicyclic amines) is 1. The molecule has 0 unspecified atom stereocenters. The monoisotopic (exact) mass is 321 g/mol. The lowest BCUT2D eigenvalue weighted by atomic mass is 10.0. The molecule has 7 heteroatoms. The average molecular weight is 321 g/mol. The molecule has 0 aliphatic carbocycles. The summed E-state index contributed by atoms with van der Waals surface area (Å²) < 4.78 is 5.69. The number of carbonyl (C=O) groups excluding carboxylic acids is 1. The molecule has 0 bridgehead atoms. The lowest BCUT2D eigenvalue weighted by Crippen LogP contribution is -2.46. The van der Waals surface area contributed by atoms with Crippen LogP contribution in [0.15, 0.2) is 4.42 Å². The van der Waals surface area contributed by atoms with Crippen molar-refractivity contribution >= 4 is 6.03 Å². The summed E-state index contributed by atoms with van der Waals surface area (Å²) in [7, 11) is 0. The maximum atomic E-state index is 12.3. The number of piperidine rings is 1. The topological polar surface area (TPSA) is 65.7 Å². The molecule has 0 atom stereocenters. The van der Waals surface area contributed by atoms with E-state index in [-0.39, 0.29) is 11.9 Å². The Balaban J connectivity index is 1.49. The second kappa shape index (κ2) is 6.86. The molecule has 7 nitrogen and oxygen atoms in total. The van der Waals surface area contributed by atoms with E-state index in [2.05, 4.69) is 33.8 Å². The number of likely N-dealkylation sites (N-methyl/N-ethyl adjacent to an activating group) is 1. The Morgan fingerprint density at radius 3 is 2.48 bits per heavy atom. The maximum absolute atomic E-state index is 12.3. The fourth-order valence-corrected chi connectivity index (χ4v) is 3.38. The number of amides is 2. The van der Waals surface area contributed by atoms with E-state index in [0.717, 1.165) is 45.6 Å². The standard InChI is InChI=1S/C16H27N5O2/c1-4-20-9-10-21(16(20)22)13-5-7-19(8-6-13)11-14-17-18-15(23-14)12(2)3/h12-13H,4-11H2,1-3H3. The fourth-order valence-electron chi connectivity index (χ4n) is 3.38. The Labute approximate surface area is 137 Å². The minimum absolute atomic E-state index is 0.212. The highest BCUT2D eigenvalue weighted by Crippen LogP contribution is 2.22. The number of urea groups is 1. The number of rotatable bonds is 5. The lowest BCUT2D eigenvalue weighted by molar-refractivity contribution is 0.121. The SMILES string of the molecule is CCN1CCN(C2CCN(Cc3nnc(C(C)C)o3)CC2)C1=O. The quantitative estimate of drug-likeness (QED) is 0.829. The van der Waals surface area contributed by atoms with Crippen LogP contribution in [0.4, 0.5) is 4.79 Å². The first-order valence-electron chi connectivity index (χ1n) is 8.68. The van der Waals surface area contributed by atoms with Crippen molar-refractivity contribution in [2.75, 3.05) is 32.7 Å². The van der Waals surface area contributed by atoms with E-state index >= 15 is 0 Å². The van der Waals surface area contributed by atoms with Crippen LogP contribution in [-0.2, 0) is 6.54 Å². The van der Waals surface area contributed by atoms with E-state index in [1.54, 1.807) is 0 Å². The molecule has 2 aliphatic heterocycles. The van der Waals surface area contributed by atoms with Crippen LogP contribution in [0.2, 0.25) is 0 Å². The highest BCUT2D eigenvalue weighted by atomic mass is 16.4. The van der Waals surface area contributed by atoms with Gasteiger partial charge in [-0.25, -0.2) is 4.79 Å². The fraction of sp³-hybridized carbons (Fsp3) is 0.812. The second-order valence-electron chi connectivity index (χ2n) is 6.75. The van der Waals surface area contributed by atoms with Gasteiger partial charge >= 0.3 is 6.03 Å². The molecule has 2 aliphatic rings. The molecule has 0 spiro atoms. The van der Waals surface area contributed by atoms with Gasteiger partial charge in [0.25, 0.3) is 0 Å². The summed E-state index contributed by atoms with van der Waals surface area (Å²) in [5, 5.41) is 8.22. The largest absolute Gasteiger partial charge is 0.424 e.